The first kappa shape index (κ1) is 14.7. The van der Waals surface area contributed by atoms with Crippen molar-refractivity contribution >= 4 is 11.6 Å². The Morgan fingerprint density at radius 1 is 1.20 bits per heavy atom. The number of hydrogen-bond donors (Lipinski definition) is 0. The minimum Gasteiger partial charge on any atom is -0.494 e. The second-order valence-corrected chi connectivity index (χ2v) is 4.65. The summed E-state index contributed by atoms with van der Waals surface area (Å²) in [6.45, 7) is 5.13. The fourth-order valence-corrected chi connectivity index (χ4v) is 2.41. The lowest BCUT2D eigenvalue weighted by Gasteiger charge is -2.13. The minimum absolute atomic E-state index is 0.0261. The number of rotatable bonds is 5. The standard InChI is InChI=1S/C16H18ClNO2/c1-3-18-15(9-8-13(11-17)16(18)19)12-6-5-7-14(10-12)20-4-2/h5-10H,3-4,11H2,1-2H3. The Hall–Kier alpha value is -1.74. The molecule has 0 N–H and O–H groups in total. The summed E-state index contributed by atoms with van der Waals surface area (Å²) in [6, 6.07) is 11.5. The Balaban J connectivity index is 2.55. The summed E-state index contributed by atoms with van der Waals surface area (Å²) >= 11 is 5.79. The third-order valence-electron chi connectivity index (χ3n) is 3.15. The van der Waals surface area contributed by atoms with Gasteiger partial charge in [-0.1, -0.05) is 18.2 Å². The van der Waals surface area contributed by atoms with Gasteiger partial charge in [0.1, 0.15) is 5.75 Å². The average molecular weight is 292 g/mol. The molecule has 0 aliphatic carbocycles. The Labute approximate surface area is 123 Å². The van der Waals surface area contributed by atoms with Crippen LogP contribution in [0.1, 0.15) is 19.4 Å². The molecular weight excluding hydrogens is 274 g/mol. The van der Waals surface area contributed by atoms with Gasteiger partial charge in [-0.3, -0.25) is 4.79 Å². The van der Waals surface area contributed by atoms with Crippen molar-refractivity contribution in [3.8, 4) is 17.0 Å². The highest BCUT2D eigenvalue weighted by Gasteiger charge is 2.09. The van der Waals surface area contributed by atoms with Gasteiger partial charge in [-0.05, 0) is 32.0 Å². The first-order chi connectivity index (χ1) is 9.71. The Kier molecular flexibility index (Phi) is 4.85. The van der Waals surface area contributed by atoms with Crippen molar-refractivity contribution < 1.29 is 4.74 Å². The van der Waals surface area contributed by atoms with Gasteiger partial charge in [0, 0.05) is 17.7 Å². The van der Waals surface area contributed by atoms with Gasteiger partial charge in [0.05, 0.1) is 18.2 Å². The average Bonchev–Trinajstić information content (AvgIpc) is 2.47. The molecular formula is C16H18ClNO2. The van der Waals surface area contributed by atoms with E-state index in [4.69, 9.17) is 16.3 Å². The molecule has 0 saturated carbocycles. The van der Waals surface area contributed by atoms with Crippen LogP contribution in [0.4, 0.5) is 0 Å². The van der Waals surface area contributed by atoms with Crippen LogP contribution in [0.25, 0.3) is 11.3 Å². The zero-order valence-electron chi connectivity index (χ0n) is 11.7. The molecule has 0 bridgehead atoms. The SMILES string of the molecule is CCOc1cccc(-c2ccc(CCl)c(=O)n2CC)c1. The number of alkyl halides is 1. The van der Waals surface area contributed by atoms with Crippen LogP contribution in [-0.2, 0) is 12.4 Å². The van der Waals surface area contributed by atoms with Gasteiger partial charge in [0.2, 0.25) is 0 Å². The maximum absolute atomic E-state index is 12.3. The number of aromatic nitrogens is 1. The van der Waals surface area contributed by atoms with E-state index in [1.165, 1.54) is 0 Å². The summed E-state index contributed by atoms with van der Waals surface area (Å²) in [4.78, 5) is 12.3. The highest BCUT2D eigenvalue weighted by molar-refractivity contribution is 6.17. The van der Waals surface area contributed by atoms with Crippen LogP contribution in [0.15, 0.2) is 41.2 Å². The zero-order chi connectivity index (χ0) is 14.5. The van der Waals surface area contributed by atoms with E-state index in [2.05, 4.69) is 0 Å². The normalized spacial score (nSPS) is 10.6. The van der Waals surface area contributed by atoms with Crippen molar-refractivity contribution in [2.24, 2.45) is 0 Å². The second kappa shape index (κ2) is 6.62. The number of halogens is 1. The van der Waals surface area contributed by atoms with Crippen LogP contribution in [0.5, 0.6) is 5.75 Å². The van der Waals surface area contributed by atoms with Gasteiger partial charge >= 0.3 is 0 Å². The van der Waals surface area contributed by atoms with Gasteiger partial charge in [0.15, 0.2) is 0 Å². The fourth-order valence-electron chi connectivity index (χ4n) is 2.20. The van der Waals surface area contributed by atoms with Crippen molar-refractivity contribution in [2.75, 3.05) is 6.61 Å². The van der Waals surface area contributed by atoms with E-state index in [1.807, 2.05) is 44.2 Å². The van der Waals surface area contributed by atoms with Crippen molar-refractivity contribution in [3.63, 3.8) is 0 Å². The summed E-state index contributed by atoms with van der Waals surface area (Å²) < 4.78 is 7.25. The molecule has 1 aromatic heterocycles. The van der Waals surface area contributed by atoms with E-state index < -0.39 is 0 Å². The van der Waals surface area contributed by atoms with Crippen LogP contribution < -0.4 is 10.3 Å². The number of pyridine rings is 1. The Morgan fingerprint density at radius 2 is 2.00 bits per heavy atom. The summed E-state index contributed by atoms with van der Waals surface area (Å²) in [7, 11) is 0. The first-order valence-electron chi connectivity index (χ1n) is 6.73. The number of nitrogens with zero attached hydrogens (tertiary/aromatic N) is 1. The molecule has 20 heavy (non-hydrogen) atoms. The summed E-state index contributed by atoms with van der Waals surface area (Å²) in [5.41, 5.74) is 2.45. The second-order valence-electron chi connectivity index (χ2n) is 4.39. The van der Waals surface area contributed by atoms with E-state index in [0.717, 1.165) is 17.0 Å². The maximum Gasteiger partial charge on any atom is 0.255 e. The van der Waals surface area contributed by atoms with Gasteiger partial charge in [-0.2, -0.15) is 0 Å². The monoisotopic (exact) mass is 291 g/mol. The Bertz CT molecular complexity index is 649. The van der Waals surface area contributed by atoms with Crippen molar-refractivity contribution in [1.29, 1.82) is 0 Å². The van der Waals surface area contributed by atoms with Gasteiger partial charge < -0.3 is 9.30 Å². The van der Waals surface area contributed by atoms with Crippen LogP contribution in [0.2, 0.25) is 0 Å². The molecule has 2 rings (SSSR count). The molecule has 2 aromatic rings. The lowest BCUT2D eigenvalue weighted by atomic mass is 10.1. The molecule has 0 aliphatic rings. The molecule has 1 heterocycles. The topological polar surface area (TPSA) is 31.2 Å². The molecule has 0 aliphatic heterocycles. The number of benzene rings is 1. The molecule has 0 fully saturated rings. The molecule has 0 amide bonds. The lowest BCUT2D eigenvalue weighted by molar-refractivity contribution is 0.340. The highest BCUT2D eigenvalue weighted by atomic mass is 35.5. The van der Waals surface area contributed by atoms with Gasteiger partial charge in [-0.15, -0.1) is 11.6 Å². The van der Waals surface area contributed by atoms with E-state index in [1.54, 1.807) is 10.6 Å². The molecule has 0 saturated heterocycles. The molecule has 3 nitrogen and oxygen atoms in total. The predicted molar refractivity (Wildman–Crippen MR) is 82.5 cm³/mol. The van der Waals surface area contributed by atoms with E-state index >= 15 is 0 Å². The summed E-state index contributed by atoms with van der Waals surface area (Å²) in [5.74, 6) is 1.04. The quantitative estimate of drug-likeness (QED) is 0.787. The highest BCUT2D eigenvalue weighted by Crippen LogP contribution is 2.23. The zero-order valence-corrected chi connectivity index (χ0v) is 12.5. The number of hydrogen-bond acceptors (Lipinski definition) is 2. The number of ether oxygens (including phenoxy) is 1. The van der Waals surface area contributed by atoms with Crippen LogP contribution in [0.3, 0.4) is 0 Å². The summed E-state index contributed by atoms with van der Waals surface area (Å²) in [6.07, 6.45) is 0. The van der Waals surface area contributed by atoms with Crippen LogP contribution in [0, 0.1) is 0 Å². The molecule has 106 valence electrons. The predicted octanol–water partition coefficient (Wildman–Crippen LogP) is 3.67. The minimum atomic E-state index is -0.0261. The van der Waals surface area contributed by atoms with Gasteiger partial charge in [-0.25, -0.2) is 0 Å². The maximum atomic E-state index is 12.3. The third-order valence-corrected chi connectivity index (χ3v) is 3.44. The van der Waals surface area contributed by atoms with Crippen molar-refractivity contribution in [2.45, 2.75) is 26.3 Å². The molecule has 0 radical (unpaired) electrons. The third kappa shape index (κ3) is 2.88. The molecule has 0 atom stereocenters. The van der Waals surface area contributed by atoms with Crippen LogP contribution >= 0.6 is 11.6 Å². The molecule has 0 unspecified atom stereocenters. The summed E-state index contributed by atoms with van der Waals surface area (Å²) in [5, 5.41) is 0. The fraction of sp³-hybridized carbons (Fsp3) is 0.312. The van der Waals surface area contributed by atoms with E-state index in [9.17, 15) is 4.79 Å². The van der Waals surface area contributed by atoms with Crippen molar-refractivity contribution in [1.82, 2.24) is 4.57 Å². The molecule has 0 spiro atoms. The largest absolute Gasteiger partial charge is 0.494 e. The van der Waals surface area contributed by atoms with Crippen molar-refractivity contribution in [3.05, 3.63) is 52.3 Å². The van der Waals surface area contributed by atoms with E-state index in [0.29, 0.717) is 18.7 Å². The first-order valence-corrected chi connectivity index (χ1v) is 7.26. The Morgan fingerprint density at radius 3 is 2.65 bits per heavy atom. The van der Waals surface area contributed by atoms with Crippen LogP contribution in [-0.4, -0.2) is 11.2 Å². The molecule has 1 aromatic carbocycles. The lowest BCUT2D eigenvalue weighted by Crippen LogP contribution is -2.23. The smallest absolute Gasteiger partial charge is 0.255 e. The van der Waals surface area contributed by atoms with Gasteiger partial charge in [0.25, 0.3) is 5.56 Å². The molecule has 4 heteroatoms. The van der Waals surface area contributed by atoms with E-state index in [-0.39, 0.29) is 11.4 Å².